The molecule has 0 aliphatic carbocycles. The van der Waals surface area contributed by atoms with Gasteiger partial charge in [0.15, 0.2) is 0 Å². The Morgan fingerprint density at radius 2 is 2.24 bits per heavy atom. The molecule has 94 valence electrons. The Hall–Kier alpha value is -0.730. The van der Waals surface area contributed by atoms with Gasteiger partial charge in [0.25, 0.3) is 0 Å². The molecule has 0 saturated heterocycles. The number of benzene rings is 1. The van der Waals surface area contributed by atoms with Crippen molar-refractivity contribution in [3.8, 4) is 5.75 Å². The Balaban J connectivity index is 2.48. The van der Waals surface area contributed by atoms with Crippen LogP contribution in [0.25, 0.3) is 0 Å². The monoisotopic (exact) mass is 253 g/mol. The molecule has 0 radical (unpaired) electrons. The van der Waals surface area contributed by atoms with Gasteiger partial charge in [-0.2, -0.15) is 0 Å². The van der Waals surface area contributed by atoms with Gasteiger partial charge in [-0.3, -0.25) is 0 Å². The number of nitrogens with one attached hydrogen (secondary N) is 1. The molecule has 0 aromatic heterocycles. The molecule has 1 aromatic carbocycles. The molecule has 0 bridgehead atoms. The third-order valence-corrected chi connectivity index (χ3v) is 4.16. The van der Waals surface area contributed by atoms with Crippen LogP contribution in [0.5, 0.6) is 5.75 Å². The van der Waals surface area contributed by atoms with Crippen LogP contribution in [0.15, 0.2) is 12.1 Å². The molecule has 2 atom stereocenters. The molecule has 2 rings (SSSR count). The smallest absolute Gasteiger partial charge is 0.125 e. The number of halogens is 1. The molecule has 1 aromatic rings. The van der Waals surface area contributed by atoms with Crippen molar-refractivity contribution in [3.63, 3.8) is 0 Å². The SMILES string of the molecule is CCC1(C)CC(NC)c2cc(Cl)c(C)cc2O1. The first-order valence-corrected chi connectivity index (χ1v) is 6.53. The van der Waals surface area contributed by atoms with Crippen LogP contribution in [0.2, 0.25) is 5.02 Å². The van der Waals surface area contributed by atoms with E-state index in [4.69, 9.17) is 16.3 Å². The maximum Gasteiger partial charge on any atom is 0.125 e. The van der Waals surface area contributed by atoms with Gasteiger partial charge in [-0.25, -0.2) is 0 Å². The molecule has 0 saturated carbocycles. The molecule has 0 fully saturated rings. The minimum atomic E-state index is -0.0824. The predicted molar refractivity (Wildman–Crippen MR) is 71.9 cm³/mol. The van der Waals surface area contributed by atoms with E-state index in [0.717, 1.165) is 29.2 Å². The van der Waals surface area contributed by atoms with Crippen molar-refractivity contribution in [2.75, 3.05) is 7.05 Å². The summed E-state index contributed by atoms with van der Waals surface area (Å²) in [6, 6.07) is 4.40. The highest BCUT2D eigenvalue weighted by atomic mass is 35.5. The zero-order valence-corrected chi connectivity index (χ0v) is 11.7. The van der Waals surface area contributed by atoms with E-state index >= 15 is 0 Å². The molecule has 17 heavy (non-hydrogen) atoms. The van der Waals surface area contributed by atoms with E-state index in [0.29, 0.717) is 6.04 Å². The summed E-state index contributed by atoms with van der Waals surface area (Å²) in [6.07, 6.45) is 1.98. The Morgan fingerprint density at radius 1 is 1.53 bits per heavy atom. The normalized spacial score (nSPS) is 27.5. The summed E-state index contributed by atoms with van der Waals surface area (Å²) in [6.45, 7) is 6.35. The molecule has 1 aliphatic rings. The minimum Gasteiger partial charge on any atom is -0.487 e. The highest BCUT2D eigenvalue weighted by Crippen LogP contribution is 2.42. The lowest BCUT2D eigenvalue weighted by Crippen LogP contribution is -2.40. The number of aryl methyl sites for hydroxylation is 1. The summed E-state index contributed by atoms with van der Waals surface area (Å²) in [4.78, 5) is 0. The molecule has 1 N–H and O–H groups in total. The first-order valence-electron chi connectivity index (χ1n) is 6.15. The Morgan fingerprint density at radius 3 is 2.82 bits per heavy atom. The molecule has 3 heteroatoms. The van der Waals surface area contributed by atoms with Crippen molar-refractivity contribution in [3.05, 3.63) is 28.3 Å². The highest BCUT2D eigenvalue weighted by molar-refractivity contribution is 6.31. The second-order valence-corrected chi connectivity index (χ2v) is 5.50. The van der Waals surface area contributed by atoms with Gasteiger partial charge in [-0.05, 0) is 45.0 Å². The third-order valence-electron chi connectivity index (χ3n) is 3.76. The molecule has 2 unspecified atom stereocenters. The lowest BCUT2D eigenvalue weighted by atomic mass is 9.86. The van der Waals surface area contributed by atoms with E-state index in [1.165, 1.54) is 5.56 Å². The van der Waals surface area contributed by atoms with Crippen LogP contribution in [0.3, 0.4) is 0 Å². The van der Waals surface area contributed by atoms with Crippen molar-refractivity contribution in [2.24, 2.45) is 0 Å². The van der Waals surface area contributed by atoms with E-state index in [-0.39, 0.29) is 5.60 Å². The highest BCUT2D eigenvalue weighted by Gasteiger charge is 2.35. The largest absolute Gasteiger partial charge is 0.487 e. The van der Waals surface area contributed by atoms with Crippen LogP contribution in [0.1, 0.15) is 43.9 Å². The summed E-state index contributed by atoms with van der Waals surface area (Å²) in [5.41, 5.74) is 2.16. The second-order valence-electron chi connectivity index (χ2n) is 5.09. The zero-order chi connectivity index (χ0) is 12.6. The Kier molecular flexibility index (Phi) is 3.37. The van der Waals surface area contributed by atoms with Crippen LogP contribution in [0.4, 0.5) is 0 Å². The van der Waals surface area contributed by atoms with Crippen molar-refractivity contribution in [1.29, 1.82) is 0 Å². The van der Waals surface area contributed by atoms with E-state index in [9.17, 15) is 0 Å². The number of hydrogen-bond donors (Lipinski definition) is 1. The molecular weight excluding hydrogens is 234 g/mol. The predicted octanol–water partition coefficient (Wildman–Crippen LogP) is 3.86. The van der Waals surface area contributed by atoms with E-state index in [1.807, 2.05) is 20.0 Å². The van der Waals surface area contributed by atoms with Crippen molar-refractivity contribution >= 4 is 11.6 Å². The first kappa shape index (κ1) is 12.7. The van der Waals surface area contributed by atoms with Crippen molar-refractivity contribution in [1.82, 2.24) is 5.32 Å². The standard InChI is InChI=1S/C14H20ClNO/c1-5-14(3)8-12(16-4)10-7-11(15)9(2)6-13(10)17-14/h6-7,12,16H,5,8H2,1-4H3. The fourth-order valence-corrected chi connectivity index (χ4v) is 2.53. The minimum absolute atomic E-state index is 0.0824. The van der Waals surface area contributed by atoms with Gasteiger partial charge in [0.2, 0.25) is 0 Å². The number of hydrogen-bond acceptors (Lipinski definition) is 2. The molecule has 0 spiro atoms. The van der Waals surface area contributed by atoms with Crippen molar-refractivity contribution < 1.29 is 4.74 Å². The molecular formula is C14H20ClNO. The van der Waals surface area contributed by atoms with Gasteiger partial charge in [-0.1, -0.05) is 18.5 Å². The Bertz CT molecular complexity index is 432. The van der Waals surface area contributed by atoms with Gasteiger partial charge in [0, 0.05) is 23.0 Å². The fourth-order valence-electron chi connectivity index (χ4n) is 2.35. The maximum absolute atomic E-state index is 6.19. The van der Waals surface area contributed by atoms with Crippen LogP contribution >= 0.6 is 11.6 Å². The van der Waals surface area contributed by atoms with Crippen LogP contribution in [0, 0.1) is 6.92 Å². The maximum atomic E-state index is 6.19. The van der Waals surface area contributed by atoms with Crippen LogP contribution < -0.4 is 10.1 Å². The Labute approximate surface area is 108 Å². The third kappa shape index (κ3) is 2.29. The topological polar surface area (TPSA) is 21.3 Å². The van der Waals surface area contributed by atoms with Gasteiger partial charge in [0.1, 0.15) is 11.4 Å². The average molecular weight is 254 g/mol. The quantitative estimate of drug-likeness (QED) is 0.864. The summed E-state index contributed by atoms with van der Waals surface area (Å²) >= 11 is 6.19. The summed E-state index contributed by atoms with van der Waals surface area (Å²) in [5.74, 6) is 0.974. The van der Waals surface area contributed by atoms with Crippen molar-refractivity contribution in [2.45, 2.75) is 45.3 Å². The fraction of sp³-hybridized carbons (Fsp3) is 0.571. The lowest BCUT2D eigenvalue weighted by Gasteiger charge is -2.39. The van der Waals surface area contributed by atoms with Gasteiger partial charge in [-0.15, -0.1) is 0 Å². The zero-order valence-electron chi connectivity index (χ0n) is 10.9. The van der Waals surface area contributed by atoms with Crippen LogP contribution in [-0.2, 0) is 0 Å². The van der Waals surface area contributed by atoms with Gasteiger partial charge in [0.05, 0.1) is 0 Å². The molecule has 0 amide bonds. The van der Waals surface area contributed by atoms with Crippen LogP contribution in [-0.4, -0.2) is 12.6 Å². The summed E-state index contributed by atoms with van der Waals surface area (Å²) < 4.78 is 6.14. The summed E-state index contributed by atoms with van der Waals surface area (Å²) in [5, 5.41) is 4.17. The number of fused-ring (bicyclic) bond motifs is 1. The van der Waals surface area contributed by atoms with E-state index in [1.54, 1.807) is 0 Å². The number of ether oxygens (including phenoxy) is 1. The summed E-state index contributed by atoms with van der Waals surface area (Å²) in [7, 11) is 1.99. The second kappa shape index (κ2) is 4.51. The van der Waals surface area contributed by atoms with E-state index < -0.39 is 0 Å². The molecule has 2 nitrogen and oxygen atoms in total. The lowest BCUT2D eigenvalue weighted by molar-refractivity contribution is 0.0454. The molecule has 1 heterocycles. The molecule has 1 aliphatic heterocycles. The van der Waals surface area contributed by atoms with Gasteiger partial charge >= 0.3 is 0 Å². The number of rotatable bonds is 2. The van der Waals surface area contributed by atoms with Gasteiger partial charge < -0.3 is 10.1 Å². The average Bonchev–Trinajstić information content (AvgIpc) is 2.30. The first-order chi connectivity index (χ1) is 7.99. The van der Waals surface area contributed by atoms with E-state index in [2.05, 4.69) is 25.2 Å².